The van der Waals surface area contributed by atoms with Crippen LogP contribution in [0.4, 0.5) is 0 Å². The zero-order chi connectivity index (χ0) is 11.3. The number of aryl methyl sites for hydroxylation is 2. The van der Waals surface area contributed by atoms with Crippen LogP contribution in [0.2, 0.25) is 0 Å². The van der Waals surface area contributed by atoms with Gasteiger partial charge in [-0.05, 0) is 36.8 Å². The Bertz CT molecular complexity index is 302. The molecule has 3 heteroatoms. The van der Waals surface area contributed by atoms with Gasteiger partial charge in [-0.15, -0.1) is 0 Å². The largest absolute Gasteiger partial charge is 0.507 e. The van der Waals surface area contributed by atoms with Gasteiger partial charge in [0.1, 0.15) is 5.75 Å². The third kappa shape index (κ3) is 3.76. The summed E-state index contributed by atoms with van der Waals surface area (Å²) in [5, 5.41) is 13.0. The number of hydrogen-bond donors (Lipinski definition) is 2. The Morgan fingerprint density at radius 3 is 2.40 bits per heavy atom. The molecular weight excluding hydrogens is 206 g/mol. The number of phenolic OH excluding ortho intramolecular Hbond substituents is 1. The van der Waals surface area contributed by atoms with E-state index in [1.54, 1.807) is 0 Å². The molecule has 0 fully saturated rings. The van der Waals surface area contributed by atoms with Crippen LogP contribution in [0.3, 0.4) is 0 Å². The third-order valence-electron chi connectivity index (χ3n) is 2.36. The first kappa shape index (κ1) is 12.4. The maximum atomic E-state index is 9.62. The molecule has 0 aliphatic carbocycles. The van der Waals surface area contributed by atoms with Crippen molar-refractivity contribution in [1.29, 1.82) is 0 Å². The second-order valence-corrected chi connectivity index (χ2v) is 4.73. The fourth-order valence-corrected chi connectivity index (χ4v) is 1.90. The molecule has 2 nitrogen and oxygen atoms in total. The molecule has 0 saturated heterocycles. The lowest BCUT2D eigenvalue weighted by atomic mass is 10.1. The molecule has 0 atom stereocenters. The quantitative estimate of drug-likeness (QED) is 0.755. The average molecular weight is 225 g/mol. The van der Waals surface area contributed by atoms with Gasteiger partial charge in [0, 0.05) is 18.8 Å². The predicted octanol–water partition coefficient (Wildman–Crippen LogP) is 2.46. The highest BCUT2D eigenvalue weighted by Crippen LogP contribution is 2.22. The summed E-state index contributed by atoms with van der Waals surface area (Å²) >= 11 is 1.84. The number of thioether (sulfide) groups is 1. The fraction of sp³-hybridized carbons (Fsp3) is 0.500. The molecule has 0 saturated carbocycles. The Morgan fingerprint density at radius 1 is 1.27 bits per heavy atom. The van der Waals surface area contributed by atoms with E-state index < -0.39 is 0 Å². The van der Waals surface area contributed by atoms with Gasteiger partial charge in [-0.25, -0.2) is 0 Å². The maximum Gasteiger partial charge on any atom is 0.121 e. The van der Waals surface area contributed by atoms with Crippen LogP contribution >= 0.6 is 11.8 Å². The molecule has 1 rings (SSSR count). The fourth-order valence-electron chi connectivity index (χ4n) is 1.55. The Morgan fingerprint density at radius 2 is 1.87 bits per heavy atom. The number of rotatable bonds is 5. The molecule has 0 bridgehead atoms. The van der Waals surface area contributed by atoms with Crippen molar-refractivity contribution in [3.8, 4) is 5.75 Å². The Hall–Kier alpha value is -0.670. The van der Waals surface area contributed by atoms with Crippen LogP contribution in [0.25, 0.3) is 0 Å². The summed E-state index contributed by atoms with van der Waals surface area (Å²) < 4.78 is 0. The lowest BCUT2D eigenvalue weighted by Gasteiger charge is -2.08. The first-order valence-electron chi connectivity index (χ1n) is 5.14. The molecule has 0 aliphatic heterocycles. The number of aromatic hydroxyl groups is 1. The normalized spacial score (nSPS) is 10.6. The summed E-state index contributed by atoms with van der Waals surface area (Å²) in [5.74, 6) is 1.55. The summed E-state index contributed by atoms with van der Waals surface area (Å²) in [5.41, 5.74) is 3.15. The predicted molar refractivity (Wildman–Crippen MR) is 67.7 cm³/mol. The summed E-state index contributed by atoms with van der Waals surface area (Å²) in [6, 6.07) is 4.07. The molecule has 0 unspecified atom stereocenters. The van der Waals surface area contributed by atoms with Crippen LogP contribution in [-0.4, -0.2) is 23.7 Å². The van der Waals surface area contributed by atoms with E-state index in [1.807, 2.05) is 37.7 Å². The number of nitrogens with one attached hydrogen (secondary N) is 1. The van der Waals surface area contributed by atoms with E-state index in [4.69, 9.17) is 0 Å². The van der Waals surface area contributed by atoms with Gasteiger partial charge in [0.2, 0.25) is 0 Å². The van der Waals surface area contributed by atoms with Crippen molar-refractivity contribution in [1.82, 2.24) is 5.32 Å². The van der Waals surface area contributed by atoms with Gasteiger partial charge in [0.05, 0.1) is 0 Å². The molecule has 0 aromatic heterocycles. The molecule has 1 aromatic carbocycles. The number of benzene rings is 1. The second-order valence-electron chi connectivity index (χ2n) is 3.75. The average Bonchev–Trinajstić information content (AvgIpc) is 2.21. The molecule has 0 spiro atoms. The monoisotopic (exact) mass is 225 g/mol. The van der Waals surface area contributed by atoms with Crippen LogP contribution in [-0.2, 0) is 6.54 Å². The van der Waals surface area contributed by atoms with Crippen molar-refractivity contribution < 1.29 is 5.11 Å². The Labute approximate surface area is 96.1 Å². The summed E-state index contributed by atoms with van der Waals surface area (Å²) in [6.45, 7) is 5.78. The van der Waals surface area contributed by atoms with Crippen LogP contribution in [0.15, 0.2) is 12.1 Å². The van der Waals surface area contributed by atoms with Crippen molar-refractivity contribution in [2.45, 2.75) is 20.4 Å². The van der Waals surface area contributed by atoms with Crippen molar-refractivity contribution in [2.75, 3.05) is 18.6 Å². The van der Waals surface area contributed by atoms with Gasteiger partial charge in [-0.2, -0.15) is 11.8 Å². The molecule has 15 heavy (non-hydrogen) atoms. The van der Waals surface area contributed by atoms with E-state index in [2.05, 4.69) is 11.6 Å². The Balaban J connectivity index is 2.55. The first-order valence-corrected chi connectivity index (χ1v) is 6.53. The molecule has 0 aliphatic rings. The molecule has 0 radical (unpaired) electrons. The standard InChI is InChI=1S/C12H19NOS/c1-9-6-11(7-10(2)12(9)14)8-13-4-5-15-3/h6-7,13-14H,4-5,8H2,1-3H3. The number of phenols is 1. The molecule has 0 amide bonds. The SMILES string of the molecule is CSCCNCc1cc(C)c(O)c(C)c1. The van der Waals surface area contributed by atoms with Gasteiger partial charge < -0.3 is 10.4 Å². The van der Waals surface area contributed by atoms with Crippen molar-refractivity contribution in [3.63, 3.8) is 0 Å². The van der Waals surface area contributed by atoms with Gasteiger partial charge in [0.25, 0.3) is 0 Å². The molecular formula is C12H19NOS. The number of hydrogen-bond acceptors (Lipinski definition) is 3. The third-order valence-corrected chi connectivity index (χ3v) is 2.98. The van der Waals surface area contributed by atoms with E-state index in [0.29, 0.717) is 5.75 Å². The van der Waals surface area contributed by atoms with E-state index in [0.717, 1.165) is 30.0 Å². The Kier molecular flexibility index (Phi) is 4.99. The highest BCUT2D eigenvalue weighted by molar-refractivity contribution is 7.98. The van der Waals surface area contributed by atoms with E-state index in [9.17, 15) is 5.11 Å². The zero-order valence-corrected chi connectivity index (χ0v) is 10.4. The lowest BCUT2D eigenvalue weighted by Crippen LogP contribution is -2.16. The minimum atomic E-state index is 0.419. The second kappa shape index (κ2) is 6.03. The summed E-state index contributed by atoms with van der Waals surface area (Å²) in [6.07, 6.45) is 2.11. The minimum absolute atomic E-state index is 0.419. The zero-order valence-electron chi connectivity index (χ0n) is 9.63. The molecule has 1 aromatic rings. The van der Waals surface area contributed by atoms with Gasteiger partial charge in [-0.1, -0.05) is 12.1 Å². The van der Waals surface area contributed by atoms with E-state index >= 15 is 0 Å². The van der Waals surface area contributed by atoms with Gasteiger partial charge in [-0.3, -0.25) is 0 Å². The van der Waals surface area contributed by atoms with E-state index in [1.165, 1.54) is 5.56 Å². The van der Waals surface area contributed by atoms with Crippen LogP contribution < -0.4 is 5.32 Å². The van der Waals surface area contributed by atoms with Gasteiger partial charge in [0.15, 0.2) is 0 Å². The van der Waals surface area contributed by atoms with Crippen molar-refractivity contribution >= 4 is 11.8 Å². The van der Waals surface area contributed by atoms with Crippen LogP contribution in [0.5, 0.6) is 5.75 Å². The van der Waals surface area contributed by atoms with Crippen molar-refractivity contribution in [3.05, 3.63) is 28.8 Å². The van der Waals surface area contributed by atoms with Crippen molar-refractivity contribution in [2.24, 2.45) is 0 Å². The van der Waals surface area contributed by atoms with Crippen LogP contribution in [0, 0.1) is 13.8 Å². The first-order chi connectivity index (χ1) is 7.15. The molecule has 84 valence electrons. The highest BCUT2D eigenvalue weighted by Gasteiger charge is 2.02. The van der Waals surface area contributed by atoms with E-state index in [-0.39, 0.29) is 0 Å². The summed E-state index contributed by atoms with van der Waals surface area (Å²) in [4.78, 5) is 0. The minimum Gasteiger partial charge on any atom is -0.507 e. The topological polar surface area (TPSA) is 32.3 Å². The molecule has 0 heterocycles. The van der Waals surface area contributed by atoms with Gasteiger partial charge >= 0.3 is 0 Å². The highest BCUT2D eigenvalue weighted by atomic mass is 32.2. The van der Waals surface area contributed by atoms with Crippen LogP contribution in [0.1, 0.15) is 16.7 Å². The summed E-state index contributed by atoms with van der Waals surface area (Å²) in [7, 11) is 0. The maximum absolute atomic E-state index is 9.62. The lowest BCUT2D eigenvalue weighted by molar-refractivity contribution is 0.466. The smallest absolute Gasteiger partial charge is 0.121 e. The molecule has 2 N–H and O–H groups in total.